The van der Waals surface area contributed by atoms with Crippen LogP contribution in [0.1, 0.15) is 25.5 Å². The number of aromatic nitrogens is 7. The van der Waals surface area contributed by atoms with Crippen molar-refractivity contribution >= 4 is 22.8 Å². The highest BCUT2D eigenvalue weighted by Gasteiger charge is 2.16. The van der Waals surface area contributed by atoms with Crippen LogP contribution >= 0.6 is 0 Å². The lowest BCUT2D eigenvalue weighted by Gasteiger charge is -2.11. The van der Waals surface area contributed by atoms with Crippen LogP contribution in [0.5, 0.6) is 0 Å². The summed E-state index contributed by atoms with van der Waals surface area (Å²) in [4.78, 5) is 27.0. The molecule has 0 amide bonds. The summed E-state index contributed by atoms with van der Waals surface area (Å²) in [5.74, 6) is 1.67. The maximum atomic E-state index is 5.74. The quantitative estimate of drug-likeness (QED) is 0.407. The molecule has 0 spiro atoms. The van der Waals surface area contributed by atoms with Gasteiger partial charge >= 0.3 is 0 Å². The van der Waals surface area contributed by atoms with E-state index in [4.69, 9.17) is 15.7 Å². The highest BCUT2D eigenvalue weighted by molar-refractivity contribution is 5.85. The molecule has 9 nitrogen and oxygen atoms in total. The molecule has 5 rings (SSSR count). The SMILES string of the molecule is CC(C)n1cnc2c(NCc3ccc(-c4cccnc4)nc3)nc(-c3ccc(N)nc3)nc21. The Hall–Kier alpha value is -4.40. The van der Waals surface area contributed by atoms with E-state index in [9.17, 15) is 0 Å². The van der Waals surface area contributed by atoms with Gasteiger partial charge in [-0.1, -0.05) is 6.07 Å². The molecule has 0 aliphatic carbocycles. The number of rotatable bonds is 6. The lowest BCUT2D eigenvalue weighted by molar-refractivity contribution is 0.613. The Morgan fingerprint density at radius 3 is 2.55 bits per heavy atom. The first kappa shape index (κ1) is 20.5. The highest BCUT2D eigenvalue weighted by Crippen LogP contribution is 2.26. The van der Waals surface area contributed by atoms with Crippen LogP contribution in [-0.2, 0) is 6.54 Å². The summed E-state index contributed by atoms with van der Waals surface area (Å²) in [6.45, 7) is 4.73. The monoisotopic (exact) mass is 437 g/mol. The Labute approximate surface area is 190 Å². The molecule has 0 aromatic carbocycles. The standard InChI is InChI=1S/C24H23N9/c1-15(2)33-14-30-21-23(31-22(32-24(21)33)18-6-8-20(25)28-13-18)29-11-16-5-7-19(27-10-16)17-4-3-9-26-12-17/h3-10,12-15H,11H2,1-2H3,(H2,25,28)(H,29,31,32). The van der Waals surface area contributed by atoms with Crippen molar-refractivity contribution < 1.29 is 0 Å². The Bertz CT molecular complexity index is 1380. The van der Waals surface area contributed by atoms with Gasteiger partial charge in [0.05, 0.1) is 12.0 Å². The van der Waals surface area contributed by atoms with Gasteiger partial charge in [0.25, 0.3) is 0 Å². The number of hydrogen-bond acceptors (Lipinski definition) is 8. The van der Waals surface area contributed by atoms with Crippen LogP contribution in [0.4, 0.5) is 11.6 Å². The lowest BCUT2D eigenvalue weighted by Crippen LogP contribution is -2.06. The number of hydrogen-bond donors (Lipinski definition) is 2. The molecule has 0 saturated heterocycles. The van der Waals surface area contributed by atoms with Crippen molar-refractivity contribution in [1.29, 1.82) is 0 Å². The van der Waals surface area contributed by atoms with Gasteiger partial charge in [-0.25, -0.2) is 19.9 Å². The summed E-state index contributed by atoms with van der Waals surface area (Å²) in [5, 5.41) is 3.41. The summed E-state index contributed by atoms with van der Waals surface area (Å²) >= 11 is 0. The average molecular weight is 438 g/mol. The topological polar surface area (TPSA) is 120 Å². The summed E-state index contributed by atoms with van der Waals surface area (Å²) < 4.78 is 2.03. The molecule has 0 saturated carbocycles. The van der Waals surface area contributed by atoms with E-state index in [1.165, 1.54) is 0 Å². The largest absolute Gasteiger partial charge is 0.384 e. The van der Waals surface area contributed by atoms with E-state index in [0.717, 1.165) is 33.5 Å². The second-order valence-corrected chi connectivity index (χ2v) is 7.93. The number of nitrogen functional groups attached to an aromatic ring is 1. The van der Waals surface area contributed by atoms with Crippen molar-refractivity contribution in [2.24, 2.45) is 0 Å². The molecule has 33 heavy (non-hydrogen) atoms. The highest BCUT2D eigenvalue weighted by atomic mass is 15.2. The molecule has 0 fully saturated rings. The van der Waals surface area contributed by atoms with Gasteiger partial charge in [-0.15, -0.1) is 0 Å². The number of nitrogens with one attached hydrogen (secondary N) is 1. The van der Waals surface area contributed by atoms with E-state index < -0.39 is 0 Å². The fraction of sp³-hybridized carbons (Fsp3) is 0.167. The Morgan fingerprint density at radius 1 is 0.939 bits per heavy atom. The van der Waals surface area contributed by atoms with Crippen LogP contribution in [0.2, 0.25) is 0 Å². The van der Waals surface area contributed by atoms with E-state index in [1.54, 1.807) is 31.0 Å². The maximum Gasteiger partial charge on any atom is 0.166 e. The molecule has 0 aliphatic heterocycles. The van der Waals surface area contributed by atoms with E-state index in [-0.39, 0.29) is 6.04 Å². The normalized spacial score (nSPS) is 11.2. The fourth-order valence-electron chi connectivity index (χ4n) is 3.48. The predicted molar refractivity (Wildman–Crippen MR) is 128 cm³/mol. The zero-order valence-corrected chi connectivity index (χ0v) is 18.3. The minimum atomic E-state index is 0.208. The number of nitrogens with two attached hydrogens (primary N) is 1. The zero-order valence-electron chi connectivity index (χ0n) is 18.3. The number of pyridine rings is 3. The van der Waals surface area contributed by atoms with E-state index in [0.29, 0.717) is 24.0 Å². The third-order valence-corrected chi connectivity index (χ3v) is 5.26. The molecule has 5 aromatic heterocycles. The Balaban J connectivity index is 1.46. The minimum absolute atomic E-state index is 0.208. The average Bonchev–Trinajstić information content (AvgIpc) is 3.28. The van der Waals surface area contributed by atoms with Gasteiger partial charge in [0, 0.05) is 48.5 Å². The molecule has 0 bridgehead atoms. The van der Waals surface area contributed by atoms with Crippen molar-refractivity contribution in [3.63, 3.8) is 0 Å². The van der Waals surface area contributed by atoms with Gasteiger partial charge in [-0.05, 0) is 49.7 Å². The molecule has 0 radical (unpaired) electrons. The van der Waals surface area contributed by atoms with Crippen LogP contribution in [-0.4, -0.2) is 34.5 Å². The molecular weight excluding hydrogens is 414 g/mol. The van der Waals surface area contributed by atoms with Gasteiger partial charge in [0.1, 0.15) is 11.3 Å². The molecule has 5 aromatic rings. The van der Waals surface area contributed by atoms with E-state index in [2.05, 4.69) is 39.1 Å². The van der Waals surface area contributed by atoms with Gasteiger partial charge in [0.2, 0.25) is 0 Å². The number of fused-ring (bicyclic) bond motifs is 1. The lowest BCUT2D eigenvalue weighted by atomic mass is 10.1. The van der Waals surface area contributed by atoms with Crippen molar-refractivity contribution in [3.05, 3.63) is 73.1 Å². The molecule has 9 heteroatoms. The summed E-state index contributed by atoms with van der Waals surface area (Å²) in [7, 11) is 0. The van der Waals surface area contributed by atoms with Crippen LogP contribution in [0.3, 0.4) is 0 Å². The van der Waals surface area contributed by atoms with E-state index in [1.807, 2.05) is 41.1 Å². The second kappa shape index (κ2) is 8.62. The second-order valence-electron chi connectivity index (χ2n) is 7.93. The molecule has 0 unspecified atom stereocenters. The fourth-order valence-corrected chi connectivity index (χ4v) is 3.48. The van der Waals surface area contributed by atoms with Crippen LogP contribution in [0, 0.1) is 0 Å². The van der Waals surface area contributed by atoms with Crippen molar-refractivity contribution in [2.45, 2.75) is 26.4 Å². The smallest absolute Gasteiger partial charge is 0.166 e. The van der Waals surface area contributed by atoms with Gasteiger partial charge < -0.3 is 15.6 Å². The summed E-state index contributed by atoms with van der Waals surface area (Å²) in [5.41, 5.74) is 10.9. The first-order valence-electron chi connectivity index (χ1n) is 10.6. The van der Waals surface area contributed by atoms with Crippen LogP contribution in [0.25, 0.3) is 33.8 Å². The first-order chi connectivity index (χ1) is 16.1. The zero-order chi connectivity index (χ0) is 22.8. The van der Waals surface area contributed by atoms with Crippen LogP contribution < -0.4 is 11.1 Å². The maximum absolute atomic E-state index is 5.74. The first-order valence-corrected chi connectivity index (χ1v) is 10.6. The van der Waals surface area contributed by atoms with Crippen molar-refractivity contribution in [1.82, 2.24) is 34.5 Å². The van der Waals surface area contributed by atoms with Crippen molar-refractivity contribution in [2.75, 3.05) is 11.1 Å². The third-order valence-electron chi connectivity index (χ3n) is 5.26. The predicted octanol–water partition coefficient (Wildman–Crippen LogP) is 4.12. The molecule has 0 aliphatic rings. The Kier molecular flexibility index (Phi) is 5.35. The molecule has 3 N–H and O–H groups in total. The Morgan fingerprint density at radius 2 is 1.85 bits per heavy atom. The van der Waals surface area contributed by atoms with Gasteiger partial charge in [-0.2, -0.15) is 0 Å². The van der Waals surface area contributed by atoms with Gasteiger partial charge in [-0.3, -0.25) is 9.97 Å². The number of imidazole rings is 1. The van der Waals surface area contributed by atoms with Gasteiger partial charge in [0.15, 0.2) is 17.3 Å². The molecular formula is C24H23N9. The minimum Gasteiger partial charge on any atom is -0.384 e. The van der Waals surface area contributed by atoms with Crippen LogP contribution in [0.15, 0.2) is 67.5 Å². The number of nitrogens with zero attached hydrogens (tertiary/aromatic N) is 7. The number of anilines is 2. The summed E-state index contributed by atoms with van der Waals surface area (Å²) in [6.07, 6.45) is 8.88. The third kappa shape index (κ3) is 4.20. The summed E-state index contributed by atoms with van der Waals surface area (Å²) in [6, 6.07) is 11.7. The molecule has 0 atom stereocenters. The van der Waals surface area contributed by atoms with E-state index >= 15 is 0 Å². The molecule has 164 valence electrons. The molecule has 5 heterocycles. The van der Waals surface area contributed by atoms with Crippen molar-refractivity contribution in [3.8, 4) is 22.6 Å².